The summed E-state index contributed by atoms with van der Waals surface area (Å²) in [4.78, 5) is 25.7. The van der Waals surface area contributed by atoms with Crippen LogP contribution in [0.25, 0.3) is 0 Å². The van der Waals surface area contributed by atoms with Crippen molar-refractivity contribution in [1.29, 1.82) is 0 Å². The minimum atomic E-state index is -0.129. The zero-order valence-electron chi connectivity index (χ0n) is 15.1. The van der Waals surface area contributed by atoms with Crippen LogP contribution in [-0.4, -0.2) is 29.8 Å². The second kappa shape index (κ2) is 8.63. The SMILES string of the molecule is CC(=O)Nc1ccc(C(=O)NCc2ccc(CN3CCCC3)cc2)cc1. The lowest BCUT2D eigenvalue weighted by Gasteiger charge is -2.14. The minimum Gasteiger partial charge on any atom is -0.348 e. The van der Waals surface area contributed by atoms with Crippen molar-refractivity contribution in [1.82, 2.24) is 10.2 Å². The first-order valence-electron chi connectivity index (χ1n) is 9.06. The van der Waals surface area contributed by atoms with Gasteiger partial charge in [0.2, 0.25) is 5.91 Å². The molecule has 0 atom stereocenters. The molecule has 5 nitrogen and oxygen atoms in total. The van der Waals surface area contributed by atoms with Crippen LogP contribution in [0.1, 0.15) is 41.3 Å². The van der Waals surface area contributed by atoms with E-state index in [9.17, 15) is 9.59 Å². The number of hydrogen-bond donors (Lipinski definition) is 2. The van der Waals surface area contributed by atoms with Crippen molar-refractivity contribution in [3.8, 4) is 0 Å². The standard InChI is InChI=1S/C21H25N3O2/c1-16(25)23-20-10-8-19(9-11-20)21(26)22-14-17-4-6-18(7-5-17)15-24-12-2-3-13-24/h4-11H,2-3,12-15H2,1H3,(H,22,26)(H,23,25). The maximum atomic E-state index is 12.2. The lowest BCUT2D eigenvalue weighted by molar-refractivity contribution is -0.114. The zero-order chi connectivity index (χ0) is 18.4. The van der Waals surface area contributed by atoms with Crippen LogP contribution in [0.3, 0.4) is 0 Å². The normalized spacial score (nSPS) is 14.2. The Morgan fingerprint density at radius 3 is 2.15 bits per heavy atom. The molecule has 136 valence electrons. The van der Waals surface area contributed by atoms with E-state index in [1.807, 2.05) is 0 Å². The molecule has 2 N–H and O–H groups in total. The summed E-state index contributed by atoms with van der Waals surface area (Å²) >= 11 is 0. The Hall–Kier alpha value is -2.66. The summed E-state index contributed by atoms with van der Waals surface area (Å²) < 4.78 is 0. The summed E-state index contributed by atoms with van der Waals surface area (Å²) in [7, 11) is 0. The molecule has 0 aliphatic carbocycles. The van der Waals surface area contributed by atoms with Gasteiger partial charge in [0.15, 0.2) is 0 Å². The average molecular weight is 351 g/mol. The molecule has 0 unspecified atom stereocenters. The van der Waals surface area contributed by atoms with E-state index in [0.29, 0.717) is 17.8 Å². The largest absolute Gasteiger partial charge is 0.348 e. The van der Waals surface area contributed by atoms with Crippen LogP contribution in [0.2, 0.25) is 0 Å². The second-order valence-electron chi connectivity index (χ2n) is 6.74. The first-order valence-corrected chi connectivity index (χ1v) is 9.06. The van der Waals surface area contributed by atoms with Gasteiger partial charge in [-0.3, -0.25) is 14.5 Å². The fraction of sp³-hybridized carbons (Fsp3) is 0.333. The fourth-order valence-corrected chi connectivity index (χ4v) is 3.15. The number of nitrogens with one attached hydrogen (secondary N) is 2. The molecule has 0 radical (unpaired) electrons. The van der Waals surface area contributed by atoms with Gasteiger partial charge in [0.05, 0.1) is 0 Å². The number of benzene rings is 2. The molecule has 1 fully saturated rings. The Morgan fingerprint density at radius 1 is 0.923 bits per heavy atom. The van der Waals surface area contributed by atoms with Gasteiger partial charge in [-0.15, -0.1) is 0 Å². The molecule has 2 aromatic carbocycles. The van der Waals surface area contributed by atoms with Crippen molar-refractivity contribution < 1.29 is 9.59 Å². The molecule has 0 bridgehead atoms. The van der Waals surface area contributed by atoms with Crippen molar-refractivity contribution in [2.24, 2.45) is 0 Å². The van der Waals surface area contributed by atoms with Gasteiger partial charge in [-0.05, 0) is 61.3 Å². The first kappa shape index (κ1) is 18.1. The highest BCUT2D eigenvalue weighted by Gasteiger charge is 2.11. The monoisotopic (exact) mass is 351 g/mol. The summed E-state index contributed by atoms with van der Waals surface area (Å²) in [5.41, 5.74) is 3.65. The lowest BCUT2D eigenvalue weighted by atomic mass is 10.1. The van der Waals surface area contributed by atoms with Crippen LogP contribution in [0.5, 0.6) is 0 Å². The highest BCUT2D eigenvalue weighted by atomic mass is 16.2. The van der Waals surface area contributed by atoms with Crippen LogP contribution in [0.15, 0.2) is 48.5 Å². The van der Waals surface area contributed by atoms with Gasteiger partial charge in [0.1, 0.15) is 0 Å². The number of anilines is 1. The third-order valence-corrected chi connectivity index (χ3v) is 4.55. The van der Waals surface area contributed by atoms with E-state index in [1.165, 1.54) is 38.4 Å². The van der Waals surface area contributed by atoms with Gasteiger partial charge < -0.3 is 10.6 Å². The third-order valence-electron chi connectivity index (χ3n) is 4.55. The van der Waals surface area contributed by atoms with Crippen LogP contribution in [-0.2, 0) is 17.9 Å². The van der Waals surface area contributed by atoms with E-state index in [1.54, 1.807) is 24.3 Å². The molecule has 0 saturated carbocycles. The fourth-order valence-electron chi connectivity index (χ4n) is 3.15. The Bertz CT molecular complexity index is 748. The molecule has 2 amide bonds. The maximum Gasteiger partial charge on any atom is 0.251 e. The highest BCUT2D eigenvalue weighted by Crippen LogP contribution is 2.14. The molecule has 0 spiro atoms. The van der Waals surface area contributed by atoms with Crippen molar-refractivity contribution in [2.75, 3.05) is 18.4 Å². The molecule has 2 aromatic rings. The van der Waals surface area contributed by atoms with Crippen LogP contribution < -0.4 is 10.6 Å². The van der Waals surface area contributed by atoms with Gasteiger partial charge in [-0.2, -0.15) is 0 Å². The topological polar surface area (TPSA) is 61.4 Å². The van der Waals surface area contributed by atoms with E-state index in [-0.39, 0.29) is 11.8 Å². The summed E-state index contributed by atoms with van der Waals surface area (Å²) in [6, 6.07) is 15.3. The van der Waals surface area contributed by atoms with E-state index in [2.05, 4.69) is 39.8 Å². The van der Waals surface area contributed by atoms with Crippen LogP contribution in [0, 0.1) is 0 Å². The molecule has 1 aliphatic rings. The number of hydrogen-bond acceptors (Lipinski definition) is 3. The Balaban J connectivity index is 1.49. The maximum absolute atomic E-state index is 12.2. The quantitative estimate of drug-likeness (QED) is 0.840. The van der Waals surface area contributed by atoms with Crippen molar-refractivity contribution in [3.05, 3.63) is 65.2 Å². The van der Waals surface area contributed by atoms with E-state index in [0.717, 1.165) is 12.1 Å². The van der Waals surface area contributed by atoms with E-state index < -0.39 is 0 Å². The zero-order valence-corrected chi connectivity index (χ0v) is 15.1. The molecule has 1 saturated heterocycles. The first-order chi connectivity index (χ1) is 12.6. The highest BCUT2D eigenvalue weighted by molar-refractivity contribution is 5.95. The number of nitrogens with zero attached hydrogens (tertiary/aromatic N) is 1. The predicted molar refractivity (Wildman–Crippen MR) is 103 cm³/mol. The number of amides is 2. The van der Waals surface area contributed by atoms with E-state index in [4.69, 9.17) is 0 Å². The molecule has 26 heavy (non-hydrogen) atoms. The number of carbonyl (C=O) groups is 2. The Kier molecular flexibility index (Phi) is 6.02. The molecule has 5 heteroatoms. The molecule has 0 aromatic heterocycles. The minimum absolute atomic E-state index is 0.125. The van der Waals surface area contributed by atoms with Gasteiger partial charge in [0, 0.05) is 31.3 Å². The predicted octanol–water partition coefficient (Wildman–Crippen LogP) is 3.17. The third kappa shape index (κ3) is 5.17. The van der Waals surface area contributed by atoms with Gasteiger partial charge >= 0.3 is 0 Å². The van der Waals surface area contributed by atoms with Gasteiger partial charge in [-0.25, -0.2) is 0 Å². The summed E-state index contributed by atoms with van der Waals surface area (Å²) in [5, 5.41) is 5.62. The van der Waals surface area contributed by atoms with Crippen molar-refractivity contribution >= 4 is 17.5 Å². The smallest absolute Gasteiger partial charge is 0.251 e. The van der Waals surface area contributed by atoms with Gasteiger partial charge in [0.25, 0.3) is 5.91 Å². The number of likely N-dealkylation sites (tertiary alicyclic amines) is 1. The van der Waals surface area contributed by atoms with Crippen molar-refractivity contribution in [3.63, 3.8) is 0 Å². The summed E-state index contributed by atoms with van der Waals surface area (Å²) in [6.45, 7) is 5.34. The molecule has 1 aliphatic heterocycles. The second-order valence-corrected chi connectivity index (χ2v) is 6.74. The molecular weight excluding hydrogens is 326 g/mol. The number of rotatable bonds is 6. The summed E-state index contributed by atoms with van der Waals surface area (Å²) in [6.07, 6.45) is 2.60. The Morgan fingerprint density at radius 2 is 1.54 bits per heavy atom. The summed E-state index contributed by atoms with van der Waals surface area (Å²) in [5.74, 6) is -0.254. The Labute approximate surface area is 154 Å². The number of carbonyl (C=O) groups excluding carboxylic acids is 2. The van der Waals surface area contributed by atoms with Crippen LogP contribution in [0.4, 0.5) is 5.69 Å². The lowest BCUT2D eigenvalue weighted by Crippen LogP contribution is -2.23. The molecule has 3 rings (SSSR count). The van der Waals surface area contributed by atoms with E-state index >= 15 is 0 Å². The molecule has 1 heterocycles. The molecular formula is C21H25N3O2. The average Bonchev–Trinajstić information content (AvgIpc) is 3.14. The van der Waals surface area contributed by atoms with Crippen molar-refractivity contribution in [2.45, 2.75) is 32.9 Å². The van der Waals surface area contributed by atoms with Crippen LogP contribution >= 0.6 is 0 Å². The van der Waals surface area contributed by atoms with Gasteiger partial charge in [-0.1, -0.05) is 24.3 Å².